The topological polar surface area (TPSA) is 35.8 Å². The summed E-state index contributed by atoms with van der Waals surface area (Å²) < 4.78 is 0. The summed E-state index contributed by atoms with van der Waals surface area (Å²) in [4.78, 5) is 0. The average Bonchev–Trinajstić information content (AvgIpc) is 2.76. The van der Waals surface area contributed by atoms with Gasteiger partial charge in [0.05, 0.1) is 12.1 Å². The van der Waals surface area contributed by atoms with Crippen LogP contribution in [0.15, 0.2) is 103 Å². The van der Waals surface area contributed by atoms with E-state index in [1.165, 1.54) is 0 Å². The number of benzene rings is 4. The van der Waals surface area contributed by atoms with Crippen molar-refractivity contribution >= 4 is 10.8 Å². The molecule has 0 unspecified atom stereocenters. The minimum Gasteiger partial charge on any atom is -0.287 e. The highest BCUT2D eigenvalue weighted by atomic mass is 15.0. The Morgan fingerprint density at radius 3 is 1.81 bits per heavy atom. The lowest BCUT2D eigenvalue weighted by Gasteiger charge is -2.24. The molecule has 1 atom stereocenters. The van der Waals surface area contributed by atoms with Gasteiger partial charge in [0.2, 0.25) is 0 Å². The zero-order chi connectivity index (χ0) is 18.5. The number of nitriles is 1. The van der Waals surface area contributed by atoms with Crippen molar-refractivity contribution in [3.63, 3.8) is 0 Å². The van der Waals surface area contributed by atoms with Crippen LogP contribution in [0.2, 0.25) is 0 Å². The average molecular weight is 348 g/mol. The van der Waals surface area contributed by atoms with Crippen LogP contribution in [0.25, 0.3) is 10.8 Å². The number of nitrogens with zero attached hydrogens (tertiary/aromatic N) is 1. The number of hydrogen-bond acceptors (Lipinski definition) is 2. The molecule has 0 spiro atoms. The van der Waals surface area contributed by atoms with E-state index < -0.39 is 6.04 Å². The first-order chi connectivity index (χ1) is 13.4. The highest BCUT2D eigenvalue weighted by molar-refractivity contribution is 5.86. The lowest BCUT2D eigenvalue weighted by molar-refractivity contribution is 0.561. The van der Waals surface area contributed by atoms with Crippen LogP contribution in [-0.4, -0.2) is 0 Å². The molecule has 2 nitrogen and oxygen atoms in total. The van der Waals surface area contributed by atoms with Gasteiger partial charge in [-0.3, -0.25) is 5.32 Å². The summed E-state index contributed by atoms with van der Waals surface area (Å²) in [6.07, 6.45) is 0. The maximum absolute atomic E-state index is 9.97. The third-order valence-corrected chi connectivity index (χ3v) is 4.86. The number of rotatable bonds is 5. The second-order valence-electron chi connectivity index (χ2n) is 6.55. The van der Waals surface area contributed by atoms with E-state index >= 15 is 0 Å². The smallest absolute Gasteiger partial charge is 0.122 e. The third-order valence-electron chi connectivity index (χ3n) is 4.86. The van der Waals surface area contributed by atoms with Gasteiger partial charge in [0, 0.05) is 0 Å². The molecule has 0 saturated carbocycles. The SMILES string of the molecule is N#C[C@@H](NC(c1ccccc1)c1ccccc1)c1cccc2ccccc12. The van der Waals surface area contributed by atoms with E-state index in [1.54, 1.807) is 0 Å². The molecule has 4 aromatic carbocycles. The quantitative estimate of drug-likeness (QED) is 0.496. The lowest BCUT2D eigenvalue weighted by atomic mass is 9.94. The van der Waals surface area contributed by atoms with Crippen molar-refractivity contribution in [3.05, 3.63) is 120 Å². The Morgan fingerprint density at radius 2 is 1.19 bits per heavy atom. The van der Waals surface area contributed by atoms with E-state index in [9.17, 15) is 5.26 Å². The molecule has 0 radical (unpaired) electrons. The zero-order valence-electron chi connectivity index (χ0n) is 14.9. The largest absolute Gasteiger partial charge is 0.287 e. The van der Waals surface area contributed by atoms with Crippen LogP contribution in [-0.2, 0) is 0 Å². The van der Waals surface area contributed by atoms with Crippen molar-refractivity contribution in [1.29, 1.82) is 5.26 Å². The first kappa shape index (κ1) is 17.0. The van der Waals surface area contributed by atoms with Crippen molar-refractivity contribution in [2.45, 2.75) is 12.1 Å². The summed E-state index contributed by atoms with van der Waals surface area (Å²) in [6, 6.07) is 36.9. The van der Waals surface area contributed by atoms with Crippen molar-refractivity contribution in [1.82, 2.24) is 5.32 Å². The molecule has 0 aliphatic heterocycles. The van der Waals surface area contributed by atoms with Crippen LogP contribution in [0, 0.1) is 11.3 Å². The van der Waals surface area contributed by atoms with Gasteiger partial charge in [0.1, 0.15) is 6.04 Å². The predicted molar refractivity (Wildman–Crippen MR) is 110 cm³/mol. The van der Waals surface area contributed by atoms with E-state index in [0.29, 0.717) is 0 Å². The molecular formula is C25H20N2. The maximum Gasteiger partial charge on any atom is 0.122 e. The number of nitrogens with one attached hydrogen (secondary N) is 1. The van der Waals surface area contributed by atoms with Gasteiger partial charge in [-0.2, -0.15) is 5.26 Å². The highest BCUT2D eigenvalue weighted by Crippen LogP contribution is 2.29. The summed E-state index contributed by atoms with van der Waals surface area (Å²) in [7, 11) is 0. The lowest BCUT2D eigenvalue weighted by Crippen LogP contribution is -2.26. The van der Waals surface area contributed by atoms with E-state index in [4.69, 9.17) is 0 Å². The molecule has 0 saturated heterocycles. The zero-order valence-corrected chi connectivity index (χ0v) is 14.9. The van der Waals surface area contributed by atoms with Gasteiger partial charge in [-0.1, -0.05) is 103 Å². The summed E-state index contributed by atoms with van der Waals surface area (Å²) in [5, 5.41) is 15.8. The normalized spacial score (nSPS) is 12.0. The van der Waals surface area contributed by atoms with Crippen molar-refractivity contribution in [3.8, 4) is 6.07 Å². The first-order valence-electron chi connectivity index (χ1n) is 9.10. The molecule has 0 fully saturated rings. The van der Waals surface area contributed by atoms with E-state index in [1.807, 2.05) is 60.7 Å². The molecule has 130 valence electrons. The maximum atomic E-state index is 9.97. The van der Waals surface area contributed by atoms with Gasteiger partial charge in [-0.25, -0.2) is 0 Å². The van der Waals surface area contributed by atoms with Crippen molar-refractivity contribution in [2.24, 2.45) is 0 Å². The molecule has 0 aromatic heterocycles. The summed E-state index contributed by atoms with van der Waals surface area (Å²) in [5.41, 5.74) is 3.29. The van der Waals surface area contributed by atoms with Gasteiger partial charge in [-0.05, 0) is 27.5 Å². The Balaban J connectivity index is 1.76. The molecule has 4 aromatic rings. The van der Waals surface area contributed by atoms with Crippen LogP contribution in [0.3, 0.4) is 0 Å². The second-order valence-corrected chi connectivity index (χ2v) is 6.55. The Kier molecular flexibility index (Phi) is 4.96. The minimum atomic E-state index is -0.415. The number of hydrogen-bond donors (Lipinski definition) is 1. The first-order valence-corrected chi connectivity index (χ1v) is 9.10. The molecule has 0 amide bonds. The standard InChI is InChI=1S/C25H20N2/c26-18-24(23-17-9-15-19-10-7-8-16-22(19)23)27-25(20-11-3-1-4-12-20)21-13-5-2-6-14-21/h1-17,24-25,27H/t24-/m1/s1. The summed E-state index contributed by atoms with van der Waals surface area (Å²) >= 11 is 0. The molecule has 0 aliphatic rings. The fourth-order valence-electron chi connectivity index (χ4n) is 3.54. The Labute approximate surface area is 159 Å². The van der Waals surface area contributed by atoms with Gasteiger partial charge >= 0.3 is 0 Å². The fraction of sp³-hybridized carbons (Fsp3) is 0.0800. The molecule has 0 bridgehead atoms. The molecule has 4 rings (SSSR count). The highest BCUT2D eigenvalue weighted by Gasteiger charge is 2.21. The summed E-state index contributed by atoms with van der Waals surface area (Å²) in [6.45, 7) is 0. The Bertz CT molecular complexity index is 1020. The fourth-order valence-corrected chi connectivity index (χ4v) is 3.54. The van der Waals surface area contributed by atoms with Gasteiger partial charge in [0.25, 0.3) is 0 Å². The van der Waals surface area contributed by atoms with Crippen molar-refractivity contribution in [2.75, 3.05) is 0 Å². The minimum absolute atomic E-state index is 0.0592. The Hall–Kier alpha value is -3.41. The van der Waals surface area contributed by atoms with Crippen LogP contribution < -0.4 is 5.32 Å². The van der Waals surface area contributed by atoms with Gasteiger partial charge in [0.15, 0.2) is 0 Å². The van der Waals surface area contributed by atoms with Crippen LogP contribution in [0.5, 0.6) is 0 Å². The van der Waals surface area contributed by atoms with Crippen LogP contribution in [0.4, 0.5) is 0 Å². The Morgan fingerprint density at radius 1 is 0.630 bits per heavy atom. The summed E-state index contributed by atoms with van der Waals surface area (Å²) in [5.74, 6) is 0. The third kappa shape index (κ3) is 3.60. The molecule has 2 heteroatoms. The molecule has 27 heavy (non-hydrogen) atoms. The molecule has 0 aliphatic carbocycles. The van der Waals surface area contributed by atoms with Crippen LogP contribution in [0.1, 0.15) is 28.8 Å². The van der Waals surface area contributed by atoms with Crippen LogP contribution >= 0.6 is 0 Å². The monoisotopic (exact) mass is 348 g/mol. The van der Waals surface area contributed by atoms with E-state index in [0.717, 1.165) is 27.5 Å². The van der Waals surface area contributed by atoms with Gasteiger partial charge in [-0.15, -0.1) is 0 Å². The van der Waals surface area contributed by atoms with Crippen molar-refractivity contribution < 1.29 is 0 Å². The molecular weight excluding hydrogens is 328 g/mol. The predicted octanol–water partition coefficient (Wildman–Crippen LogP) is 5.78. The molecule has 1 N–H and O–H groups in total. The van der Waals surface area contributed by atoms with E-state index in [-0.39, 0.29) is 6.04 Å². The molecule has 0 heterocycles. The van der Waals surface area contributed by atoms with E-state index in [2.05, 4.69) is 53.9 Å². The van der Waals surface area contributed by atoms with Gasteiger partial charge < -0.3 is 0 Å². The number of fused-ring (bicyclic) bond motifs is 1. The second kappa shape index (κ2) is 7.86.